The van der Waals surface area contributed by atoms with Gasteiger partial charge in [0.2, 0.25) is 0 Å². The first-order chi connectivity index (χ1) is 7.69. The van der Waals surface area contributed by atoms with Crippen molar-refractivity contribution in [3.63, 3.8) is 0 Å². The van der Waals surface area contributed by atoms with Crippen LogP contribution in [0.25, 0.3) is 0 Å². The Kier molecular flexibility index (Phi) is 3.81. The van der Waals surface area contributed by atoms with Crippen LogP contribution in [0.1, 0.15) is 48.0 Å². The predicted molar refractivity (Wildman–Crippen MR) is 77.3 cm³/mol. The van der Waals surface area contributed by atoms with Gasteiger partial charge in [0.25, 0.3) is 0 Å². The minimum atomic E-state index is 0.220. The van der Waals surface area contributed by atoms with E-state index in [1.165, 1.54) is 5.57 Å². The Balaban J connectivity index is 3.04. The number of nitrogens with zero attached hydrogens (tertiary/aromatic N) is 1. The lowest BCUT2D eigenvalue weighted by Crippen LogP contribution is -2.32. The fourth-order valence-electron chi connectivity index (χ4n) is 1.97. The molecule has 0 heterocycles. The van der Waals surface area contributed by atoms with Crippen LogP contribution in [0.5, 0.6) is 0 Å². The zero-order valence-corrected chi connectivity index (χ0v) is 12.1. The first-order valence-electron chi connectivity index (χ1n) is 6.27. The molecule has 0 aromatic heterocycles. The monoisotopic (exact) mass is 231 g/mol. The smallest absolute Gasteiger partial charge is 0.0619 e. The van der Waals surface area contributed by atoms with Crippen molar-refractivity contribution in [2.24, 2.45) is 15.8 Å². The molecule has 0 fully saturated rings. The maximum atomic E-state index is 4.57. The summed E-state index contributed by atoms with van der Waals surface area (Å²) in [7, 11) is 0. The van der Waals surface area contributed by atoms with Crippen molar-refractivity contribution in [3.8, 4) is 0 Å². The van der Waals surface area contributed by atoms with Crippen LogP contribution >= 0.6 is 0 Å². The van der Waals surface area contributed by atoms with Gasteiger partial charge in [-0.15, -0.1) is 0 Å². The van der Waals surface area contributed by atoms with E-state index in [0.717, 1.165) is 17.8 Å². The molecule has 0 bridgehead atoms. The van der Waals surface area contributed by atoms with Gasteiger partial charge in [-0.3, -0.25) is 4.99 Å². The summed E-state index contributed by atoms with van der Waals surface area (Å²) >= 11 is 0. The van der Waals surface area contributed by atoms with E-state index in [4.69, 9.17) is 0 Å². The molecule has 1 nitrogen and oxygen atoms in total. The predicted octanol–water partition coefficient (Wildman–Crippen LogP) is 4.92. The Hall–Kier alpha value is -1.11. The van der Waals surface area contributed by atoms with Gasteiger partial charge in [0, 0.05) is 5.71 Å². The first kappa shape index (κ1) is 14.0. The molecule has 1 heteroatoms. The average Bonchev–Trinajstić information content (AvgIpc) is 2.20. The van der Waals surface area contributed by atoms with Gasteiger partial charge in [-0.25, -0.2) is 0 Å². The summed E-state index contributed by atoms with van der Waals surface area (Å²) in [4.78, 5) is 4.57. The van der Waals surface area contributed by atoms with Gasteiger partial charge in [-0.2, -0.15) is 0 Å². The van der Waals surface area contributed by atoms with Crippen LogP contribution in [0.3, 0.4) is 0 Å². The third-order valence-corrected chi connectivity index (χ3v) is 3.96. The summed E-state index contributed by atoms with van der Waals surface area (Å²) in [5.41, 5.74) is 3.84. The molecule has 1 atom stereocenters. The van der Waals surface area contributed by atoms with Crippen molar-refractivity contribution in [1.29, 1.82) is 0 Å². The van der Waals surface area contributed by atoms with Crippen molar-refractivity contribution in [1.82, 2.24) is 0 Å². The van der Waals surface area contributed by atoms with Gasteiger partial charge >= 0.3 is 0 Å². The maximum Gasteiger partial charge on any atom is 0.0619 e. The highest BCUT2D eigenvalue weighted by molar-refractivity contribution is 5.93. The van der Waals surface area contributed by atoms with Gasteiger partial charge in [0.1, 0.15) is 0 Å². The fourth-order valence-corrected chi connectivity index (χ4v) is 1.97. The molecule has 1 unspecified atom stereocenters. The van der Waals surface area contributed by atoms with E-state index < -0.39 is 0 Å². The largest absolute Gasteiger partial charge is 0.254 e. The number of rotatable bonds is 2. The molecule has 0 amide bonds. The van der Waals surface area contributed by atoms with Crippen LogP contribution in [0.15, 0.2) is 41.1 Å². The first-order valence-corrected chi connectivity index (χ1v) is 6.27. The molecule has 0 radical (unpaired) electrons. The minimum Gasteiger partial charge on any atom is -0.254 e. The van der Waals surface area contributed by atoms with Crippen LogP contribution in [-0.2, 0) is 0 Å². The van der Waals surface area contributed by atoms with Gasteiger partial charge in [0.05, 0.1) is 5.70 Å². The lowest BCUT2D eigenvalue weighted by molar-refractivity contribution is 0.168. The molecule has 0 saturated carbocycles. The number of hydrogen-bond donors (Lipinski definition) is 0. The Morgan fingerprint density at radius 1 is 1.47 bits per heavy atom. The third-order valence-electron chi connectivity index (χ3n) is 3.96. The van der Waals surface area contributed by atoms with E-state index in [0.29, 0.717) is 0 Å². The molecule has 17 heavy (non-hydrogen) atoms. The van der Waals surface area contributed by atoms with Crippen LogP contribution in [-0.4, -0.2) is 5.71 Å². The molecule has 1 rings (SSSR count). The zero-order chi connectivity index (χ0) is 13.3. The van der Waals surface area contributed by atoms with Crippen molar-refractivity contribution in [2.75, 3.05) is 0 Å². The summed E-state index contributed by atoms with van der Waals surface area (Å²) in [6.07, 6.45) is 7.48. The minimum absolute atomic E-state index is 0.220. The second kappa shape index (κ2) is 4.64. The van der Waals surface area contributed by atoms with E-state index in [9.17, 15) is 0 Å². The Labute approximate surface area is 106 Å². The summed E-state index contributed by atoms with van der Waals surface area (Å²) in [6.45, 7) is 17.1. The standard InChI is InChI=1S/C16H25N/c1-8-13(3)17-14-9-10-16(7,11-12(14)2)15(4,5)6/h8-9,11H,1,10H2,2-7H3. The average molecular weight is 231 g/mol. The van der Waals surface area contributed by atoms with Crippen molar-refractivity contribution in [3.05, 3.63) is 36.1 Å². The lowest BCUT2D eigenvalue weighted by Gasteiger charge is -2.41. The van der Waals surface area contributed by atoms with Crippen LogP contribution in [0.4, 0.5) is 0 Å². The third kappa shape index (κ3) is 2.96. The molecule has 0 aromatic rings. The molecule has 0 spiro atoms. The SMILES string of the molecule is C=CC(C)=NC1=CCC(C)(C(C)(C)C)C=C1C. The summed E-state index contributed by atoms with van der Waals surface area (Å²) in [5.74, 6) is 0. The highest BCUT2D eigenvalue weighted by Gasteiger charge is 2.36. The van der Waals surface area contributed by atoms with E-state index in [-0.39, 0.29) is 10.8 Å². The van der Waals surface area contributed by atoms with Gasteiger partial charge < -0.3 is 0 Å². The summed E-state index contributed by atoms with van der Waals surface area (Å²) in [5, 5.41) is 0. The summed E-state index contributed by atoms with van der Waals surface area (Å²) < 4.78 is 0. The fraction of sp³-hybridized carbons (Fsp3) is 0.562. The normalized spacial score (nSPS) is 26.4. The quantitative estimate of drug-likeness (QED) is 0.598. The maximum absolute atomic E-state index is 4.57. The van der Waals surface area contributed by atoms with E-state index in [1.54, 1.807) is 6.08 Å². The Morgan fingerprint density at radius 2 is 2.06 bits per heavy atom. The number of hydrogen-bond acceptors (Lipinski definition) is 1. The van der Waals surface area contributed by atoms with E-state index >= 15 is 0 Å². The van der Waals surface area contributed by atoms with Gasteiger partial charge in [-0.05, 0) is 42.7 Å². The number of aliphatic imine (C=N–C) groups is 1. The van der Waals surface area contributed by atoms with Crippen LogP contribution in [0.2, 0.25) is 0 Å². The van der Waals surface area contributed by atoms with Gasteiger partial charge in [-0.1, -0.05) is 46.4 Å². The van der Waals surface area contributed by atoms with Crippen LogP contribution in [0, 0.1) is 10.8 Å². The van der Waals surface area contributed by atoms with Crippen molar-refractivity contribution in [2.45, 2.75) is 48.0 Å². The molecule has 94 valence electrons. The molecular weight excluding hydrogens is 206 g/mol. The summed E-state index contributed by atoms with van der Waals surface area (Å²) in [6, 6.07) is 0. The number of allylic oxidation sites excluding steroid dienone is 4. The molecular formula is C16H25N. The van der Waals surface area contributed by atoms with E-state index in [1.807, 2.05) is 6.92 Å². The second-order valence-corrected chi connectivity index (χ2v) is 6.25. The Morgan fingerprint density at radius 3 is 2.47 bits per heavy atom. The molecule has 0 aliphatic heterocycles. The van der Waals surface area contributed by atoms with Crippen molar-refractivity contribution >= 4 is 5.71 Å². The Bertz CT molecular complexity index is 402. The van der Waals surface area contributed by atoms with Gasteiger partial charge in [0.15, 0.2) is 0 Å². The molecule has 1 aliphatic carbocycles. The molecule has 0 aromatic carbocycles. The molecule has 1 aliphatic rings. The second-order valence-electron chi connectivity index (χ2n) is 6.25. The molecule has 0 N–H and O–H groups in total. The van der Waals surface area contributed by atoms with E-state index in [2.05, 4.69) is 58.3 Å². The van der Waals surface area contributed by atoms with Crippen LogP contribution < -0.4 is 0 Å². The lowest BCUT2D eigenvalue weighted by atomic mass is 9.63. The topological polar surface area (TPSA) is 12.4 Å². The molecule has 0 saturated heterocycles. The highest BCUT2D eigenvalue weighted by Crippen LogP contribution is 2.46. The highest BCUT2D eigenvalue weighted by atomic mass is 14.8. The zero-order valence-electron chi connectivity index (χ0n) is 12.1. The van der Waals surface area contributed by atoms with Crippen molar-refractivity contribution < 1.29 is 0 Å².